The van der Waals surface area contributed by atoms with Gasteiger partial charge in [0.05, 0.1) is 12.1 Å². The summed E-state index contributed by atoms with van der Waals surface area (Å²) in [5.41, 5.74) is 1.91. The molecule has 0 atom stereocenters. The summed E-state index contributed by atoms with van der Waals surface area (Å²) in [5, 5.41) is 11.1. The molecule has 3 rings (SSSR count). The van der Waals surface area contributed by atoms with E-state index in [-0.39, 0.29) is 12.1 Å². The van der Waals surface area contributed by atoms with Crippen molar-refractivity contribution in [2.24, 2.45) is 0 Å². The molecule has 2 fully saturated rings. The predicted molar refractivity (Wildman–Crippen MR) is 98.1 cm³/mol. The van der Waals surface area contributed by atoms with Crippen LogP contribution in [0.15, 0.2) is 24.3 Å². The van der Waals surface area contributed by atoms with Crippen molar-refractivity contribution in [1.29, 1.82) is 0 Å². The molecular weight excluding hydrogens is 328 g/mol. The van der Waals surface area contributed by atoms with Gasteiger partial charge in [0.2, 0.25) is 0 Å². The van der Waals surface area contributed by atoms with Gasteiger partial charge in [-0.1, -0.05) is 24.3 Å². The average molecular weight is 348 g/mol. The summed E-state index contributed by atoms with van der Waals surface area (Å²) in [6, 6.07) is 8.71. The van der Waals surface area contributed by atoms with Crippen LogP contribution in [0.5, 0.6) is 0 Å². The molecule has 0 heterocycles. The van der Waals surface area contributed by atoms with E-state index in [2.05, 4.69) is 21.3 Å². The summed E-state index contributed by atoms with van der Waals surface area (Å²) in [5.74, 6) is 0. The lowest BCUT2D eigenvalue weighted by Gasteiger charge is -2.13. The van der Waals surface area contributed by atoms with Crippen LogP contribution in [-0.4, -0.2) is 12.1 Å². The highest BCUT2D eigenvalue weighted by molar-refractivity contribution is 5.77. The van der Waals surface area contributed by atoms with E-state index in [4.69, 9.17) is 0 Å². The van der Waals surface area contributed by atoms with Gasteiger partial charge in [0, 0.05) is 13.1 Å². The number of nitrogens with one attached hydrogen (secondary N) is 4. The Balaban J connectivity index is 1.39. The van der Waals surface area contributed by atoms with Crippen molar-refractivity contribution in [3.05, 3.63) is 98.8 Å². The van der Waals surface area contributed by atoms with E-state index in [0.29, 0.717) is 13.1 Å². The zero-order valence-electron chi connectivity index (χ0n) is 14.2. The van der Waals surface area contributed by atoms with Crippen LogP contribution in [0, 0.1) is 63.5 Å². The Bertz CT molecular complexity index is 558. The second-order valence-electron chi connectivity index (χ2n) is 5.78. The van der Waals surface area contributed by atoms with Gasteiger partial charge in [-0.25, -0.2) is 9.59 Å². The molecule has 2 aliphatic rings. The van der Waals surface area contributed by atoms with Gasteiger partial charge in [0.25, 0.3) is 0 Å². The average Bonchev–Trinajstić information content (AvgIpc) is 3.33. The molecule has 0 saturated heterocycles. The lowest BCUT2D eigenvalue weighted by Crippen LogP contribution is -2.37. The second kappa shape index (κ2) is 9.46. The predicted octanol–water partition coefficient (Wildman–Crippen LogP) is 2.01. The Labute approximate surface area is 155 Å². The maximum absolute atomic E-state index is 11.8. The third-order valence-corrected chi connectivity index (χ3v) is 3.74. The van der Waals surface area contributed by atoms with Crippen molar-refractivity contribution < 1.29 is 9.59 Å². The molecule has 6 nitrogen and oxygen atoms in total. The molecule has 10 radical (unpaired) electrons. The monoisotopic (exact) mass is 348 g/mol. The Morgan fingerprint density at radius 1 is 0.692 bits per heavy atom. The Hall–Kier alpha value is -2.24. The van der Waals surface area contributed by atoms with Gasteiger partial charge in [-0.15, -0.1) is 0 Å². The first-order chi connectivity index (χ1) is 12.7. The lowest BCUT2D eigenvalue weighted by molar-refractivity contribution is 0.241. The minimum Gasteiger partial charge on any atom is -0.334 e. The molecule has 2 saturated carbocycles. The molecule has 0 unspecified atom stereocenters. The normalized spacial score (nSPS) is 17.8. The van der Waals surface area contributed by atoms with E-state index >= 15 is 0 Å². The fraction of sp³-hybridized carbons (Fsp3) is 0.100. The van der Waals surface area contributed by atoms with Gasteiger partial charge in [-0.3, -0.25) is 0 Å². The summed E-state index contributed by atoms with van der Waals surface area (Å²) in [6.45, 7) is 0.806. The topological polar surface area (TPSA) is 82.3 Å². The highest BCUT2D eigenvalue weighted by Crippen LogP contribution is 2.20. The SMILES string of the molecule is O=C(NCc1cccc(CNC(=O)N[C]2[CH][CH][CH][CH]2)c1)N[C]1[CH][CH][CH][CH]1. The van der Waals surface area contributed by atoms with Crippen LogP contribution >= 0.6 is 0 Å². The van der Waals surface area contributed by atoms with Crippen LogP contribution in [-0.2, 0) is 13.1 Å². The van der Waals surface area contributed by atoms with Crippen molar-refractivity contribution in [2.75, 3.05) is 0 Å². The molecule has 0 spiro atoms. The highest BCUT2D eigenvalue weighted by Gasteiger charge is 2.19. The summed E-state index contributed by atoms with van der Waals surface area (Å²) >= 11 is 0. The Kier molecular flexibility index (Phi) is 6.75. The summed E-state index contributed by atoms with van der Waals surface area (Å²) in [7, 11) is 0. The van der Waals surface area contributed by atoms with E-state index in [9.17, 15) is 9.59 Å². The molecule has 0 aliphatic heterocycles. The summed E-state index contributed by atoms with van der Waals surface area (Å²) in [4.78, 5) is 23.7. The molecular formula is C20H20N4O2. The first kappa shape index (κ1) is 18.5. The van der Waals surface area contributed by atoms with Crippen molar-refractivity contribution >= 4 is 12.1 Å². The molecule has 4 amide bonds. The van der Waals surface area contributed by atoms with Crippen LogP contribution < -0.4 is 21.3 Å². The maximum Gasteiger partial charge on any atom is 0.315 e. The standard InChI is InChI=1S/C20H20N4O2/c25-19(23-17-8-1-2-9-17)21-13-15-6-5-7-16(12-15)14-22-20(26)24-18-10-3-4-11-18/h1-12H,13-14H2,(H2,21,23,25)(H2,22,24,26). The van der Waals surface area contributed by atoms with Gasteiger partial charge >= 0.3 is 12.1 Å². The fourth-order valence-corrected chi connectivity index (χ4v) is 2.48. The lowest BCUT2D eigenvalue weighted by atomic mass is 10.1. The molecule has 6 heteroatoms. The van der Waals surface area contributed by atoms with Crippen LogP contribution in [0.25, 0.3) is 0 Å². The third kappa shape index (κ3) is 5.93. The van der Waals surface area contributed by atoms with Crippen LogP contribution in [0.4, 0.5) is 9.59 Å². The number of rotatable bonds is 6. The van der Waals surface area contributed by atoms with E-state index in [0.717, 1.165) is 23.2 Å². The Morgan fingerprint density at radius 3 is 1.54 bits per heavy atom. The van der Waals surface area contributed by atoms with Crippen molar-refractivity contribution in [3.63, 3.8) is 0 Å². The van der Waals surface area contributed by atoms with Gasteiger partial charge in [-0.05, 0) is 62.5 Å². The smallest absolute Gasteiger partial charge is 0.315 e. The third-order valence-electron chi connectivity index (χ3n) is 3.74. The second-order valence-corrected chi connectivity index (χ2v) is 5.78. The minimum absolute atomic E-state index is 0.256. The van der Waals surface area contributed by atoms with Gasteiger partial charge in [0.15, 0.2) is 0 Å². The van der Waals surface area contributed by atoms with Crippen LogP contribution in [0.3, 0.4) is 0 Å². The van der Waals surface area contributed by atoms with Crippen molar-refractivity contribution in [1.82, 2.24) is 21.3 Å². The molecule has 2 aliphatic carbocycles. The quantitative estimate of drug-likeness (QED) is 0.634. The number of carbonyl (C=O) groups is 2. The molecule has 132 valence electrons. The molecule has 1 aromatic carbocycles. The maximum atomic E-state index is 11.8. The Morgan fingerprint density at radius 2 is 1.12 bits per heavy atom. The number of amides is 4. The molecule has 0 bridgehead atoms. The van der Waals surface area contributed by atoms with Gasteiger partial charge < -0.3 is 21.3 Å². The van der Waals surface area contributed by atoms with Crippen LogP contribution in [0.1, 0.15) is 11.1 Å². The van der Waals surface area contributed by atoms with E-state index in [1.807, 2.05) is 75.6 Å². The highest BCUT2D eigenvalue weighted by atomic mass is 16.2. The van der Waals surface area contributed by atoms with E-state index < -0.39 is 0 Å². The summed E-state index contributed by atoms with van der Waals surface area (Å²) in [6.07, 6.45) is 14.7. The molecule has 0 aromatic heterocycles. The number of hydrogen-bond donors (Lipinski definition) is 4. The number of carbonyl (C=O) groups excluding carboxylic acids is 2. The number of benzene rings is 1. The fourth-order valence-electron chi connectivity index (χ4n) is 2.48. The van der Waals surface area contributed by atoms with Crippen molar-refractivity contribution in [3.8, 4) is 0 Å². The van der Waals surface area contributed by atoms with Crippen molar-refractivity contribution in [2.45, 2.75) is 13.1 Å². The van der Waals surface area contributed by atoms with E-state index in [1.54, 1.807) is 0 Å². The van der Waals surface area contributed by atoms with E-state index in [1.165, 1.54) is 0 Å². The minimum atomic E-state index is -0.256. The zero-order chi connectivity index (χ0) is 18.2. The summed E-state index contributed by atoms with van der Waals surface area (Å²) < 4.78 is 0. The molecule has 1 aromatic rings. The first-order valence-electron chi connectivity index (χ1n) is 8.30. The largest absolute Gasteiger partial charge is 0.334 e. The van der Waals surface area contributed by atoms with Gasteiger partial charge in [0.1, 0.15) is 0 Å². The van der Waals surface area contributed by atoms with Gasteiger partial charge in [-0.2, -0.15) is 0 Å². The molecule has 26 heavy (non-hydrogen) atoms. The first-order valence-corrected chi connectivity index (χ1v) is 8.30. The zero-order valence-corrected chi connectivity index (χ0v) is 14.2. The van der Waals surface area contributed by atoms with Crippen LogP contribution in [0.2, 0.25) is 0 Å². The number of urea groups is 2. The molecule has 4 N–H and O–H groups in total. The number of hydrogen-bond acceptors (Lipinski definition) is 2.